The van der Waals surface area contributed by atoms with E-state index in [1.807, 2.05) is 35.7 Å². The second kappa shape index (κ2) is 8.23. The lowest BCUT2D eigenvalue weighted by Crippen LogP contribution is -2.28. The van der Waals surface area contributed by atoms with Gasteiger partial charge in [0.2, 0.25) is 5.91 Å². The lowest BCUT2D eigenvalue weighted by atomic mass is 10.2. The molecule has 7 nitrogen and oxygen atoms in total. The van der Waals surface area contributed by atoms with E-state index in [-0.39, 0.29) is 18.4 Å². The van der Waals surface area contributed by atoms with E-state index in [0.29, 0.717) is 39.5 Å². The zero-order chi connectivity index (χ0) is 20.4. The molecule has 4 rings (SSSR count). The van der Waals surface area contributed by atoms with Gasteiger partial charge in [0.05, 0.1) is 17.3 Å². The van der Waals surface area contributed by atoms with E-state index in [2.05, 4.69) is 20.5 Å². The maximum absolute atomic E-state index is 12.4. The molecule has 3 aromatic heterocycles. The number of nitrogens with zero attached hydrogens (tertiary/aromatic N) is 4. The Hall–Kier alpha value is -2.90. The molecule has 0 bridgehead atoms. The first-order chi connectivity index (χ1) is 14.0. The van der Waals surface area contributed by atoms with Crippen LogP contribution in [0.5, 0.6) is 0 Å². The topological polar surface area (TPSA) is 85.3 Å². The number of oxazole rings is 1. The Morgan fingerprint density at radius 3 is 2.93 bits per heavy atom. The lowest BCUT2D eigenvalue weighted by Gasteiger charge is -2.11. The van der Waals surface area contributed by atoms with Crippen LogP contribution in [0.15, 0.2) is 53.2 Å². The highest BCUT2D eigenvalue weighted by atomic mass is 35.5. The first kappa shape index (κ1) is 19.4. The van der Waals surface area contributed by atoms with Crippen molar-refractivity contribution in [3.8, 4) is 11.3 Å². The smallest absolute Gasteiger partial charge is 0.221 e. The second-order valence-corrected chi connectivity index (χ2v) is 7.36. The number of nitrogens with one attached hydrogen (secondary N) is 1. The number of rotatable bonds is 6. The second-order valence-electron chi connectivity index (χ2n) is 6.52. The van der Waals surface area contributed by atoms with Crippen LogP contribution in [0.3, 0.4) is 0 Å². The SMILES string of the molecule is CC(NC(=O)CCc1ncc(-c2ccc(Cl)cc2Cl)o1)c1nnc2ccccn12. The minimum atomic E-state index is -0.284. The molecule has 1 aromatic carbocycles. The van der Waals surface area contributed by atoms with Crippen molar-refractivity contribution in [3.05, 3.63) is 70.6 Å². The van der Waals surface area contributed by atoms with E-state index in [4.69, 9.17) is 27.6 Å². The number of hydrogen-bond donors (Lipinski definition) is 1. The number of halogens is 2. The molecule has 29 heavy (non-hydrogen) atoms. The van der Waals surface area contributed by atoms with E-state index < -0.39 is 0 Å². The molecule has 9 heteroatoms. The standard InChI is InChI=1S/C20H17Cl2N5O2/c1-12(20-26-25-17-4-2-3-9-27(17)20)24-18(28)7-8-19-23-11-16(29-19)14-6-5-13(21)10-15(14)22/h2-6,9-12H,7-8H2,1H3,(H,24,28). The first-order valence-corrected chi connectivity index (χ1v) is 9.76. The summed E-state index contributed by atoms with van der Waals surface area (Å²) in [7, 11) is 0. The summed E-state index contributed by atoms with van der Waals surface area (Å²) in [5.74, 6) is 1.53. The molecule has 0 saturated carbocycles. The fourth-order valence-electron chi connectivity index (χ4n) is 2.99. The largest absolute Gasteiger partial charge is 0.441 e. The van der Waals surface area contributed by atoms with Gasteiger partial charge in [0.15, 0.2) is 23.1 Å². The monoisotopic (exact) mass is 429 g/mol. The van der Waals surface area contributed by atoms with Crippen LogP contribution < -0.4 is 5.32 Å². The molecule has 0 spiro atoms. The molecular formula is C20H17Cl2N5O2. The number of benzene rings is 1. The van der Waals surface area contributed by atoms with Crippen LogP contribution >= 0.6 is 23.2 Å². The highest BCUT2D eigenvalue weighted by Gasteiger charge is 2.17. The van der Waals surface area contributed by atoms with Gasteiger partial charge < -0.3 is 9.73 Å². The fraction of sp³-hybridized carbons (Fsp3) is 0.200. The maximum atomic E-state index is 12.4. The average molecular weight is 430 g/mol. The number of fused-ring (bicyclic) bond motifs is 1. The fourth-order valence-corrected chi connectivity index (χ4v) is 3.50. The Morgan fingerprint density at radius 1 is 1.24 bits per heavy atom. The van der Waals surface area contributed by atoms with Crippen LogP contribution in [0.4, 0.5) is 0 Å². The Bertz CT molecular complexity index is 1170. The van der Waals surface area contributed by atoms with E-state index in [1.165, 1.54) is 0 Å². The van der Waals surface area contributed by atoms with Crippen LogP contribution in [0.2, 0.25) is 10.0 Å². The zero-order valence-corrected chi connectivity index (χ0v) is 17.0. The molecular weight excluding hydrogens is 413 g/mol. The van der Waals surface area contributed by atoms with Gasteiger partial charge in [0.1, 0.15) is 0 Å². The van der Waals surface area contributed by atoms with Crippen LogP contribution in [-0.4, -0.2) is 25.5 Å². The predicted octanol–water partition coefficient (Wildman–Crippen LogP) is 4.50. The summed E-state index contributed by atoms with van der Waals surface area (Å²) in [5, 5.41) is 12.2. The van der Waals surface area contributed by atoms with Crippen molar-refractivity contribution in [1.29, 1.82) is 0 Å². The summed E-state index contributed by atoms with van der Waals surface area (Å²) >= 11 is 12.1. The molecule has 0 aliphatic heterocycles. The Kier molecular flexibility index (Phi) is 5.51. The molecule has 4 aromatic rings. The van der Waals surface area contributed by atoms with Gasteiger partial charge in [-0.3, -0.25) is 9.20 Å². The molecule has 1 atom stereocenters. The van der Waals surface area contributed by atoms with Crippen molar-refractivity contribution in [3.63, 3.8) is 0 Å². The zero-order valence-electron chi connectivity index (χ0n) is 15.5. The van der Waals surface area contributed by atoms with E-state index in [9.17, 15) is 4.79 Å². The van der Waals surface area contributed by atoms with Gasteiger partial charge in [-0.25, -0.2) is 4.98 Å². The van der Waals surface area contributed by atoms with Crippen LogP contribution in [0.25, 0.3) is 17.0 Å². The van der Waals surface area contributed by atoms with Crippen molar-refractivity contribution < 1.29 is 9.21 Å². The predicted molar refractivity (Wildman–Crippen MR) is 110 cm³/mol. The van der Waals surface area contributed by atoms with Gasteiger partial charge in [0, 0.05) is 29.6 Å². The van der Waals surface area contributed by atoms with Crippen molar-refractivity contribution >= 4 is 34.8 Å². The average Bonchev–Trinajstić information content (AvgIpc) is 3.33. The summed E-state index contributed by atoms with van der Waals surface area (Å²) in [6.07, 6.45) is 4.05. The molecule has 0 fully saturated rings. The highest BCUT2D eigenvalue weighted by molar-refractivity contribution is 6.36. The number of amides is 1. The maximum Gasteiger partial charge on any atom is 0.221 e. The molecule has 3 heterocycles. The van der Waals surface area contributed by atoms with E-state index >= 15 is 0 Å². The summed E-state index contributed by atoms with van der Waals surface area (Å²) in [5.41, 5.74) is 1.43. The lowest BCUT2D eigenvalue weighted by molar-refractivity contribution is -0.121. The van der Waals surface area contributed by atoms with Gasteiger partial charge in [-0.2, -0.15) is 0 Å². The highest BCUT2D eigenvalue weighted by Crippen LogP contribution is 2.30. The third-order valence-electron chi connectivity index (χ3n) is 4.42. The number of hydrogen-bond acceptors (Lipinski definition) is 5. The summed E-state index contributed by atoms with van der Waals surface area (Å²) in [6.45, 7) is 1.87. The first-order valence-electron chi connectivity index (χ1n) is 9.00. The molecule has 0 aliphatic rings. The molecule has 148 valence electrons. The van der Waals surface area contributed by atoms with Gasteiger partial charge in [0.25, 0.3) is 0 Å². The third-order valence-corrected chi connectivity index (χ3v) is 4.97. The molecule has 1 N–H and O–H groups in total. The Labute approximate surface area is 176 Å². The van der Waals surface area contributed by atoms with Crippen molar-refractivity contribution in [1.82, 2.24) is 24.9 Å². The van der Waals surface area contributed by atoms with Crippen molar-refractivity contribution in [2.45, 2.75) is 25.8 Å². The van der Waals surface area contributed by atoms with E-state index in [0.717, 1.165) is 5.65 Å². The van der Waals surface area contributed by atoms with Gasteiger partial charge in [-0.1, -0.05) is 29.3 Å². The summed E-state index contributed by atoms with van der Waals surface area (Å²) in [6, 6.07) is 10.5. The van der Waals surface area contributed by atoms with E-state index in [1.54, 1.807) is 24.4 Å². The molecule has 1 unspecified atom stereocenters. The number of pyridine rings is 1. The van der Waals surface area contributed by atoms with Gasteiger partial charge in [-0.05, 0) is 37.3 Å². The number of carbonyl (C=O) groups excluding carboxylic acids is 1. The normalized spacial score (nSPS) is 12.2. The van der Waals surface area contributed by atoms with Crippen LogP contribution in [0.1, 0.15) is 31.1 Å². The Morgan fingerprint density at radius 2 is 2.10 bits per heavy atom. The number of aryl methyl sites for hydroxylation is 1. The third kappa shape index (κ3) is 4.26. The summed E-state index contributed by atoms with van der Waals surface area (Å²) in [4.78, 5) is 16.6. The van der Waals surface area contributed by atoms with Gasteiger partial charge in [-0.15, -0.1) is 10.2 Å². The summed E-state index contributed by atoms with van der Waals surface area (Å²) < 4.78 is 7.58. The Balaban J connectivity index is 1.37. The van der Waals surface area contributed by atoms with Crippen LogP contribution in [0, 0.1) is 0 Å². The minimum absolute atomic E-state index is 0.130. The number of carbonyl (C=O) groups is 1. The van der Waals surface area contributed by atoms with Crippen LogP contribution in [-0.2, 0) is 11.2 Å². The van der Waals surface area contributed by atoms with Gasteiger partial charge >= 0.3 is 0 Å². The van der Waals surface area contributed by atoms with Crippen molar-refractivity contribution in [2.75, 3.05) is 0 Å². The van der Waals surface area contributed by atoms with Crippen molar-refractivity contribution in [2.24, 2.45) is 0 Å². The molecule has 0 saturated heterocycles. The minimum Gasteiger partial charge on any atom is -0.441 e. The molecule has 1 amide bonds. The molecule has 0 aliphatic carbocycles. The molecule has 0 radical (unpaired) electrons. The quantitative estimate of drug-likeness (QED) is 0.487. The number of aromatic nitrogens is 4.